The molecule has 0 unspecified atom stereocenters. The molecule has 0 saturated heterocycles. The molecule has 0 radical (unpaired) electrons. The molecular formula is C17H13BrFNO4. The fourth-order valence-electron chi connectivity index (χ4n) is 1.80. The maximum absolute atomic E-state index is 12.8. The van der Waals surface area contributed by atoms with Crippen LogP contribution in [-0.4, -0.2) is 30.8 Å². The molecule has 1 N–H and O–H groups in total. The number of benzene rings is 2. The van der Waals surface area contributed by atoms with Crippen LogP contribution in [0.15, 0.2) is 53.0 Å². The standard InChI is InChI=1S/C17H13BrFNO4/c18-13-3-1-2-12(8-13)17(23)20-9-16(22)24-10-15(21)11-4-6-14(19)7-5-11/h1-8H,9-10H2,(H,20,23). The molecule has 2 aromatic rings. The van der Waals surface area contributed by atoms with Crippen molar-refractivity contribution in [3.8, 4) is 0 Å². The van der Waals surface area contributed by atoms with E-state index in [-0.39, 0.29) is 12.1 Å². The van der Waals surface area contributed by atoms with E-state index in [1.807, 2.05) is 0 Å². The summed E-state index contributed by atoms with van der Waals surface area (Å²) in [4.78, 5) is 35.2. The van der Waals surface area contributed by atoms with Crippen LogP contribution in [0.3, 0.4) is 0 Å². The van der Waals surface area contributed by atoms with Gasteiger partial charge in [-0.2, -0.15) is 0 Å². The van der Waals surface area contributed by atoms with Gasteiger partial charge < -0.3 is 10.1 Å². The first kappa shape index (κ1) is 17.8. The molecule has 5 nitrogen and oxygen atoms in total. The van der Waals surface area contributed by atoms with Gasteiger partial charge in [0.2, 0.25) is 0 Å². The molecule has 0 aliphatic carbocycles. The zero-order valence-electron chi connectivity index (χ0n) is 12.4. The van der Waals surface area contributed by atoms with Crippen LogP contribution in [0, 0.1) is 5.82 Å². The van der Waals surface area contributed by atoms with Gasteiger partial charge in [-0.25, -0.2) is 4.39 Å². The van der Waals surface area contributed by atoms with Gasteiger partial charge in [0, 0.05) is 15.6 Å². The third kappa shape index (κ3) is 5.27. The maximum Gasteiger partial charge on any atom is 0.325 e. The highest BCUT2D eigenvalue weighted by Gasteiger charge is 2.12. The zero-order valence-corrected chi connectivity index (χ0v) is 14.0. The van der Waals surface area contributed by atoms with E-state index in [9.17, 15) is 18.8 Å². The highest BCUT2D eigenvalue weighted by molar-refractivity contribution is 9.10. The number of amides is 1. The topological polar surface area (TPSA) is 72.5 Å². The second kappa shape index (κ2) is 8.35. The third-order valence-electron chi connectivity index (χ3n) is 3.01. The first-order valence-corrected chi connectivity index (χ1v) is 7.73. The van der Waals surface area contributed by atoms with Gasteiger partial charge in [-0.15, -0.1) is 0 Å². The van der Waals surface area contributed by atoms with Gasteiger partial charge in [-0.1, -0.05) is 22.0 Å². The summed E-state index contributed by atoms with van der Waals surface area (Å²) in [7, 11) is 0. The van der Waals surface area contributed by atoms with Gasteiger partial charge in [0.15, 0.2) is 12.4 Å². The Balaban J connectivity index is 1.78. The molecule has 2 aromatic carbocycles. The van der Waals surface area contributed by atoms with Crippen molar-refractivity contribution in [3.05, 3.63) is 69.9 Å². The lowest BCUT2D eigenvalue weighted by Crippen LogP contribution is -2.31. The minimum atomic E-state index is -0.742. The maximum atomic E-state index is 12.8. The average molecular weight is 394 g/mol. The Labute approximate surface area is 145 Å². The van der Waals surface area contributed by atoms with Crippen LogP contribution in [0.2, 0.25) is 0 Å². The number of hydrogen-bond acceptors (Lipinski definition) is 4. The van der Waals surface area contributed by atoms with Gasteiger partial charge in [-0.05, 0) is 42.5 Å². The van der Waals surface area contributed by atoms with E-state index in [4.69, 9.17) is 4.74 Å². The highest BCUT2D eigenvalue weighted by atomic mass is 79.9. The average Bonchev–Trinajstić information content (AvgIpc) is 2.58. The number of carbonyl (C=O) groups is 3. The summed E-state index contributed by atoms with van der Waals surface area (Å²) in [6.07, 6.45) is 0. The second-order valence-corrected chi connectivity index (χ2v) is 5.70. The molecular weight excluding hydrogens is 381 g/mol. The molecule has 124 valence electrons. The Hall–Kier alpha value is -2.54. The molecule has 0 bridgehead atoms. The van der Waals surface area contributed by atoms with Gasteiger partial charge >= 0.3 is 5.97 Å². The number of esters is 1. The van der Waals surface area contributed by atoms with Crippen molar-refractivity contribution in [2.75, 3.05) is 13.2 Å². The lowest BCUT2D eigenvalue weighted by Gasteiger charge is -2.06. The molecule has 0 aliphatic rings. The van der Waals surface area contributed by atoms with Crippen LogP contribution in [0.4, 0.5) is 4.39 Å². The van der Waals surface area contributed by atoms with Gasteiger partial charge in [-0.3, -0.25) is 14.4 Å². The molecule has 2 rings (SSSR count). The van der Waals surface area contributed by atoms with Crippen molar-refractivity contribution in [2.45, 2.75) is 0 Å². The minimum Gasteiger partial charge on any atom is -0.456 e. The Kier molecular flexibility index (Phi) is 6.20. The summed E-state index contributed by atoms with van der Waals surface area (Å²) >= 11 is 3.25. The lowest BCUT2D eigenvalue weighted by molar-refractivity contribution is -0.141. The molecule has 0 saturated carbocycles. The number of Topliss-reactive ketones (excluding diaryl/α,β-unsaturated/α-hetero) is 1. The molecule has 24 heavy (non-hydrogen) atoms. The monoisotopic (exact) mass is 393 g/mol. The molecule has 0 aliphatic heterocycles. The largest absolute Gasteiger partial charge is 0.456 e. The van der Waals surface area contributed by atoms with Crippen molar-refractivity contribution in [1.82, 2.24) is 5.32 Å². The fraction of sp³-hybridized carbons (Fsp3) is 0.118. The van der Waals surface area contributed by atoms with E-state index in [1.165, 1.54) is 12.1 Å². The number of ketones is 1. The molecule has 0 heterocycles. The smallest absolute Gasteiger partial charge is 0.325 e. The van der Waals surface area contributed by atoms with E-state index < -0.39 is 30.1 Å². The summed E-state index contributed by atoms with van der Waals surface area (Å²) in [5.41, 5.74) is 0.627. The van der Waals surface area contributed by atoms with E-state index >= 15 is 0 Å². The van der Waals surface area contributed by atoms with Crippen molar-refractivity contribution < 1.29 is 23.5 Å². The first-order valence-electron chi connectivity index (χ1n) is 6.94. The fourth-order valence-corrected chi connectivity index (χ4v) is 2.20. The van der Waals surface area contributed by atoms with Gasteiger partial charge in [0.1, 0.15) is 12.4 Å². The zero-order chi connectivity index (χ0) is 17.5. The Morgan fingerprint density at radius 3 is 2.42 bits per heavy atom. The van der Waals surface area contributed by atoms with Crippen molar-refractivity contribution in [1.29, 1.82) is 0 Å². The van der Waals surface area contributed by atoms with Crippen molar-refractivity contribution in [3.63, 3.8) is 0 Å². The molecule has 0 fully saturated rings. The third-order valence-corrected chi connectivity index (χ3v) is 3.50. The summed E-state index contributed by atoms with van der Waals surface area (Å²) in [6.45, 7) is -0.834. The normalized spacial score (nSPS) is 10.1. The molecule has 0 atom stereocenters. The minimum absolute atomic E-state index is 0.238. The quantitative estimate of drug-likeness (QED) is 0.604. The van der Waals surface area contributed by atoms with Crippen LogP contribution >= 0.6 is 15.9 Å². The Bertz CT molecular complexity index is 761. The molecule has 0 aromatic heterocycles. The van der Waals surface area contributed by atoms with Gasteiger partial charge in [0.25, 0.3) is 5.91 Å². The number of carbonyl (C=O) groups excluding carboxylic acids is 3. The second-order valence-electron chi connectivity index (χ2n) is 4.78. The Morgan fingerprint density at radius 1 is 1.04 bits per heavy atom. The highest BCUT2D eigenvalue weighted by Crippen LogP contribution is 2.11. The lowest BCUT2D eigenvalue weighted by atomic mass is 10.1. The summed E-state index contributed by atoms with van der Waals surface area (Å²) < 4.78 is 18.3. The SMILES string of the molecule is O=C(CNC(=O)c1cccc(Br)c1)OCC(=O)c1ccc(F)cc1. The molecule has 1 amide bonds. The van der Waals surface area contributed by atoms with Crippen molar-refractivity contribution >= 4 is 33.6 Å². The molecule has 0 spiro atoms. The van der Waals surface area contributed by atoms with Crippen LogP contribution < -0.4 is 5.32 Å². The summed E-state index contributed by atoms with van der Waals surface area (Å²) in [6, 6.07) is 11.6. The van der Waals surface area contributed by atoms with Gasteiger partial charge in [0.05, 0.1) is 0 Å². The van der Waals surface area contributed by atoms with Crippen LogP contribution in [0.25, 0.3) is 0 Å². The first-order chi connectivity index (χ1) is 11.5. The number of hydrogen-bond donors (Lipinski definition) is 1. The summed E-state index contributed by atoms with van der Waals surface area (Å²) in [5, 5.41) is 2.40. The van der Waals surface area contributed by atoms with E-state index in [0.717, 1.165) is 16.6 Å². The number of ether oxygens (including phenoxy) is 1. The van der Waals surface area contributed by atoms with Crippen LogP contribution in [0.5, 0.6) is 0 Å². The van der Waals surface area contributed by atoms with E-state index in [2.05, 4.69) is 21.2 Å². The predicted octanol–water partition coefficient (Wildman–Crippen LogP) is 2.74. The van der Waals surface area contributed by atoms with E-state index in [1.54, 1.807) is 24.3 Å². The number of halogens is 2. The Morgan fingerprint density at radius 2 is 1.75 bits per heavy atom. The number of nitrogens with one attached hydrogen (secondary N) is 1. The molecule has 7 heteroatoms. The van der Waals surface area contributed by atoms with Crippen LogP contribution in [0.1, 0.15) is 20.7 Å². The van der Waals surface area contributed by atoms with Crippen molar-refractivity contribution in [2.24, 2.45) is 0 Å². The van der Waals surface area contributed by atoms with Crippen LogP contribution in [-0.2, 0) is 9.53 Å². The number of rotatable bonds is 6. The summed E-state index contributed by atoms with van der Waals surface area (Å²) in [5.74, 6) is -2.09. The van der Waals surface area contributed by atoms with E-state index in [0.29, 0.717) is 5.56 Å². The predicted molar refractivity (Wildman–Crippen MR) is 88.2 cm³/mol.